The molecule has 23 heavy (non-hydrogen) atoms. The molecule has 3 heterocycles. The summed E-state index contributed by atoms with van der Waals surface area (Å²) in [6.07, 6.45) is 2.46. The van der Waals surface area contributed by atoms with Crippen molar-refractivity contribution in [2.24, 2.45) is 7.05 Å². The van der Waals surface area contributed by atoms with E-state index < -0.39 is 6.04 Å². The van der Waals surface area contributed by atoms with E-state index in [0.717, 1.165) is 17.1 Å². The molecule has 2 amide bonds. The van der Waals surface area contributed by atoms with Crippen molar-refractivity contribution in [1.82, 2.24) is 14.7 Å². The number of hydrogen-bond donors (Lipinski definition) is 1. The van der Waals surface area contributed by atoms with Gasteiger partial charge in [-0.2, -0.15) is 5.10 Å². The molecular formula is C16H20N4O3. The van der Waals surface area contributed by atoms with Crippen molar-refractivity contribution in [3.8, 4) is 0 Å². The molecule has 1 fully saturated rings. The maximum absolute atomic E-state index is 12.6. The van der Waals surface area contributed by atoms with Gasteiger partial charge >= 0.3 is 0 Å². The minimum atomic E-state index is -0.480. The molecule has 3 rings (SSSR count). The number of furan rings is 1. The number of aromatic nitrogens is 2. The summed E-state index contributed by atoms with van der Waals surface area (Å²) >= 11 is 0. The van der Waals surface area contributed by atoms with Crippen molar-refractivity contribution < 1.29 is 14.0 Å². The molecule has 0 bridgehead atoms. The molecule has 1 N–H and O–H groups in total. The molecule has 1 aliphatic rings. The van der Waals surface area contributed by atoms with Gasteiger partial charge in [0.25, 0.3) is 0 Å². The number of anilines is 1. The molecule has 1 aliphatic heterocycles. The topological polar surface area (TPSA) is 80.4 Å². The van der Waals surface area contributed by atoms with Crippen LogP contribution in [0.5, 0.6) is 0 Å². The second-order valence-electron chi connectivity index (χ2n) is 5.81. The molecule has 2 aromatic rings. The summed E-state index contributed by atoms with van der Waals surface area (Å²) in [6.45, 7) is 4.06. The quantitative estimate of drug-likeness (QED) is 0.932. The molecule has 1 saturated heterocycles. The fourth-order valence-electron chi connectivity index (χ4n) is 2.94. The van der Waals surface area contributed by atoms with Gasteiger partial charge in [-0.1, -0.05) is 0 Å². The van der Waals surface area contributed by atoms with Crippen molar-refractivity contribution >= 4 is 17.5 Å². The standard InChI is InChI=1S/C16H20N4O3/c1-10-15(11(2)19(3)18-10)17-16(22)13-6-7-14(21)20(13)9-12-5-4-8-23-12/h4-5,8,13H,6-7,9H2,1-3H3,(H,17,22). The van der Waals surface area contributed by atoms with E-state index in [9.17, 15) is 9.59 Å². The van der Waals surface area contributed by atoms with Crippen molar-refractivity contribution in [2.45, 2.75) is 39.3 Å². The number of aryl methyl sites for hydroxylation is 2. The fourth-order valence-corrected chi connectivity index (χ4v) is 2.94. The van der Waals surface area contributed by atoms with Gasteiger partial charge in [0.15, 0.2) is 0 Å². The predicted molar refractivity (Wildman–Crippen MR) is 83.6 cm³/mol. The van der Waals surface area contributed by atoms with Crippen LogP contribution in [0.3, 0.4) is 0 Å². The van der Waals surface area contributed by atoms with Crippen LogP contribution in [0.1, 0.15) is 30.0 Å². The fraction of sp³-hybridized carbons (Fsp3) is 0.438. The highest BCUT2D eigenvalue weighted by atomic mass is 16.3. The van der Waals surface area contributed by atoms with Crippen molar-refractivity contribution in [1.29, 1.82) is 0 Å². The first-order valence-corrected chi connectivity index (χ1v) is 7.60. The van der Waals surface area contributed by atoms with Crippen LogP contribution in [0.4, 0.5) is 5.69 Å². The van der Waals surface area contributed by atoms with Crippen LogP contribution in [0, 0.1) is 13.8 Å². The third-order valence-electron chi connectivity index (χ3n) is 4.29. The van der Waals surface area contributed by atoms with E-state index in [-0.39, 0.29) is 11.8 Å². The predicted octanol–water partition coefficient (Wildman–Crippen LogP) is 1.76. The zero-order chi connectivity index (χ0) is 16.6. The molecule has 0 aliphatic carbocycles. The maximum Gasteiger partial charge on any atom is 0.247 e. The Morgan fingerprint density at radius 2 is 2.26 bits per heavy atom. The van der Waals surface area contributed by atoms with E-state index in [1.807, 2.05) is 20.9 Å². The van der Waals surface area contributed by atoms with Crippen LogP contribution in [0.15, 0.2) is 22.8 Å². The second-order valence-corrected chi connectivity index (χ2v) is 5.81. The van der Waals surface area contributed by atoms with Gasteiger partial charge in [-0.15, -0.1) is 0 Å². The van der Waals surface area contributed by atoms with Crippen molar-refractivity contribution in [3.05, 3.63) is 35.5 Å². The number of likely N-dealkylation sites (tertiary alicyclic amines) is 1. The first kappa shape index (κ1) is 15.3. The molecule has 1 atom stereocenters. The summed E-state index contributed by atoms with van der Waals surface area (Å²) < 4.78 is 7.02. The number of hydrogen-bond acceptors (Lipinski definition) is 4. The highest BCUT2D eigenvalue weighted by Crippen LogP contribution is 2.25. The Morgan fingerprint density at radius 1 is 1.48 bits per heavy atom. The van der Waals surface area contributed by atoms with Crippen molar-refractivity contribution in [2.75, 3.05) is 5.32 Å². The van der Waals surface area contributed by atoms with E-state index in [1.54, 1.807) is 28.0 Å². The second kappa shape index (κ2) is 5.91. The largest absolute Gasteiger partial charge is 0.467 e. The molecule has 7 nitrogen and oxygen atoms in total. The average Bonchev–Trinajstić information content (AvgIpc) is 3.19. The molecule has 0 radical (unpaired) electrons. The third kappa shape index (κ3) is 2.86. The van der Waals surface area contributed by atoms with Crippen LogP contribution in [0.2, 0.25) is 0 Å². The van der Waals surface area contributed by atoms with Gasteiger partial charge in [-0.25, -0.2) is 0 Å². The summed E-state index contributed by atoms with van der Waals surface area (Å²) in [7, 11) is 1.83. The lowest BCUT2D eigenvalue weighted by molar-refractivity contribution is -0.134. The van der Waals surface area contributed by atoms with E-state index in [4.69, 9.17) is 4.42 Å². The Labute approximate surface area is 134 Å². The van der Waals surface area contributed by atoms with Gasteiger partial charge < -0.3 is 14.6 Å². The lowest BCUT2D eigenvalue weighted by Crippen LogP contribution is -2.41. The average molecular weight is 316 g/mol. The normalized spacial score (nSPS) is 17.8. The smallest absolute Gasteiger partial charge is 0.247 e. The maximum atomic E-state index is 12.6. The summed E-state index contributed by atoms with van der Waals surface area (Å²) in [6, 6.07) is 3.09. The minimum absolute atomic E-state index is 0.0267. The number of nitrogens with zero attached hydrogens (tertiary/aromatic N) is 3. The molecule has 0 spiro atoms. The molecule has 7 heteroatoms. The van der Waals surface area contributed by atoms with E-state index >= 15 is 0 Å². The first-order chi connectivity index (χ1) is 11.0. The molecular weight excluding hydrogens is 296 g/mol. The van der Waals surface area contributed by atoms with E-state index in [0.29, 0.717) is 25.1 Å². The molecule has 2 aromatic heterocycles. The van der Waals surface area contributed by atoms with Crippen LogP contribution < -0.4 is 5.32 Å². The first-order valence-electron chi connectivity index (χ1n) is 7.60. The monoisotopic (exact) mass is 316 g/mol. The van der Waals surface area contributed by atoms with Crippen LogP contribution in [-0.4, -0.2) is 32.5 Å². The van der Waals surface area contributed by atoms with Gasteiger partial charge in [-0.05, 0) is 32.4 Å². The number of carbonyl (C=O) groups excluding carboxylic acids is 2. The van der Waals surface area contributed by atoms with E-state index in [2.05, 4.69) is 10.4 Å². The zero-order valence-electron chi connectivity index (χ0n) is 13.5. The van der Waals surface area contributed by atoms with Gasteiger partial charge in [0, 0.05) is 13.5 Å². The summed E-state index contributed by atoms with van der Waals surface area (Å²) in [5, 5.41) is 7.22. The van der Waals surface area contributed by atoms with Gasteiger partial charge in [0.1, 0.15) is 11.8 Å². The molecule has 0 saturated carbocycles. The van der Waals surface area contributed by atoms with Crippen molar-refractivity contribution in [3.63, 3.8) is 0 Å². The highest BCUT2D eigenvalue weighted by molar-refractivity contribution is 5.99. The van der Waals surface area contributed by atoms with Gasteiger partial charge in [0.2, 0.25) is 11.8 Å². The molecule has 1 unspecified atom stereocenters. The summed E-state index contributed by atoms with van der Waals surface area (Å²) in [5.74, 6) is 0.467. The number of amides is 2. The van der Waals surface area contributed by atoms with Crippen LogP contribution in [0.25, 0.3) is 0 Å². The summed E-state index contributed by atoms with van der Waals surface area (Å²) in [4.78, 5) is 26.3. The number of carbonyl (C=O) groups is 2. The van der Waals surface area contributed by atoms with Gasteiger partial charge in [-0.3, -0.25) is 14.3 Å². The Hall–Kier alpha value is -2.57. The Bertz CT molecular complexity index is 733. The van der Waals surface area contributed by atoms with Gasteiger partial charge in [0.05, 0.1) is 29.9 Å². The number of nitrogens with one attached hydrogen (secondary N) is 1. The molecule has 0 aromatic carbocycles. The minimum Gasteiger partial charge on any atom is -0.467 e. The Balaban J connectivity index is 1.76. The Kier molecular flexibility index (Phi) is 3.94. The van der Waals surface area contributed by atoms with E-state index in [1.165, 1.54) is 0 Å². The third-order valence-corrected chi connectivity index (χ3v) is 4.29. The lowest BCUT2D eigenvalue weighted by Gasteiger charge is -2.23. The summed E-state index contributed by atoms with van der Waals surface area (Å²) in [5.41, 5.74) is 2.37. The van der Waals surface area contributed by atoms with Crippen LogP contribution >= 0.6 is 0 Å². The Morgan fingerprint density at radius 3 is 2.87 bits per heavy atom. The number of rotatable bonds is 4. The SMILES string of the molecule is Cc1nn(C)c(C)c1NC(=O)C1CCC(=O)N1Cc1ccco1. The molecule has 122 valence electrons. The van der Waals surface area contributed by atoms with Crippen LogP contribution in [-0.2, 0) is 23.2 Å². The zero-order valence-corrected chi connectivity index (χ0v) is 13.5. The highest BCUT2D eigenvalue weighted by Gasteiger charge is 2.36. The lowest BCUT2D eigenvalue weighted by atomic mass is 10.2.